The van der Waals surface area contributed by atoms with Gasteiger partial charge in [0.05, 0.1) is 12.0 Å². The highest BCUT2D eigenvalue weighted by Crippen LogP contribution is 2.44. The van der Waals surface area contributed by atoms with Gasteiger partial charge in [0.25, 0.3) is 0 Å². The van der Waals surface area contributed by atoms with Gasteiger partial charge >= 0.3 is 5.97 Å². The summed E-state index contributed by atoms with van der Waals surface area (Å²) < 4.78 is 13.9. The molecule has 1 aromatic rings. The van der Waals surface area contributed by atoms with E-state index in [1.54, 1.807) is 18.2 Å². The maximum absolute atomic E-state index is 13.9. The van der Waals surface area contributed by atoms with Crippen molar-refractivity contribution < 1.29 is 14.3 Å². The number of hydrogen-bond donors (Lipinski definition) is 1. The first-order valence-electron chi connectivity index (χ1n) is 10.1. The Morgan fingerprint density at radius 2 is 1.74 bits per heavy atom. The zero-order valence-corrected chi connectivity index (χ0v) is 15.7. The van der Waals surface area contributed by atoms with Gasteiger partial charge in [0.2, 0.25) is 0 Å². The molecule has 27 heavy (non-hydrogen) atoms. The third-order valence-electron chi connectivity index (χ3n) is 6.54. The highest BCUT2D eigenvalue weighted by molar-refractivity contribution is 5.68. The van der Waals surface area contributed by atoms with E-state index in [2.05, 4.69) is 6.08 Å². The maximum atomic E-state index is 13.9. The standard InChI is InChI=1S/C23H28FNO2/c24-22-14-20(12-13-21(22)15-25)19-10-8-18(9-11-19)17-6-4-16(5-7-17)2-1-3-23(26)27/h1-2,12-14,16-19H,3-11H2,(H,26,27). The van der Waals surface area contributed by atoms with Gasteiger partial charge in [0.15, 0.2) is 0 Å². The summed E-state index contributed by atoms with van der Waals surface area (Å²) in [4.78, 5) is 10.6. The number of benzene rings is 1. The minimum atomic E-state index is -0.765. The summed E-state index contributed by atoms with van der Waals surface area (Å²) in [6.07, 6.45) is 13.5. The molecule has 0 heterocycles. The number of nitriles is 1. The first kappa shape index (κ1) is 19.6. The smallest absolute Gasteiger partial charge is 0.307 e. The zero-order valence-electron chi connectivity index (χ0n) is 15.7. The van der Waals surface area contributed by atoms with E-state index < -0.39 is 11.8 Å². The molecule has 2 fully saturated rings. The van der Waals surface area contributed by atoms with Crippen molar-refractivity contribution in [1.29, 1.82) is 5.26 Å². The van der Waals surface area contributed by atoms with Gasteiger partial charge in [0.1, 0.15) is 11.9 Å². The van der Waals surface area contributed by atoms with Crippen molar-refractivity contribution in [3.8, 4) is 6.07 Å². The molecule has 2 aliphatic carbocycles. The average Bonchev–Trinajstić information content (AvgIpc) is 2.68. The molecular formula is C23H28FNO2. The summed E-state index contributed by atoms with van der Waals surface area (Å²) >= 11 is 0. The van der Waals surface area contributed by atoms with E-state index in [1.165, 1.54) is 38.5 Å². The van der Waals surface area contributed by atoms with Crippen molar-refractivity contribution >= 4 is 5.97 Å². The monoisotopic (exact) mass is 369 g/mol. The van der Waals surface area contributed by atoms with Crippen molar-refractivity contribution in [3.05, 3.63) is 47.3 Å². The molecule has 2 aliphatic rings. The van der Waals surface area contributed by atoms with Gasteiger partial charge in [-0.05, 0) is 92.7 Å². The molecule has 0 aromatic heterocycles. The zero-order chi connectivity index (χ0) is 19.2. The van der Waals surface area contributed by atoms with Crippen molar-refractivity contribution in [3.63, 3.8) is 0 Å². The molecule has 0 saturated heterocycles. The molecule has 0 amide bonds. The van der Waals surface area contributed by atoms with Crippen LogP contribution in [0.15, 0.2) is 30.4 Å². The number of aliphatic carboxylic acids is 1. The predicted molar refractivity (Wildman–Crippen MR) is 103 cm³/mol. The number of allylic oxidation sites excluding steroid dienone is 1. The summed E-state index contributed by atoms with van der Waals surface area (Å²) in [6.45, 7) is 0. The van der Waals surface area contributed by atoms with Gasteiger partial charge in [-0.15, -0.1) is 0 Å². The van der Waals surface area contributed by atoms with Crippen LogP contribution in [-0.4, -0.2) is 11.1 Å². The van der Waals surface area contributed by atoms with Crippen LogP contribution < -0.4 is 0 Å². The molecule has 0 atom stereocenters. The third kappa shape index (κ3) is 5.19. The van der Waals surface area contributed by atoms with E-state index >= 15 is 0 Å². The fourth-order valence-electron chi connectivity index (χ4n) is 4.97. The lowest BCUT2D eigenvalue weighted by molar-refractivity contribution is -0.136. The van der Waals surface area contributed by atoms with Crippen molar-refractivity contribution in [1.82, 2.24) is 0 Å². The fourth-order valence-corrected chi connectivity index (χ4v) is 4.97. The Bertz CT molecular complexity index is 720. The number of carbonyl (C=O) groups is 1. The largest absolute Gasteiger partial charge is 0.481 e. The van der Waals surface area contributed by atoms with Gasteiger partial charge < -0.3 is 5.11 Å². The lowest BCUT2D eigenvalue weighted by Crippen LogP contribution is -2.25. The molecule has 0 aliphatic heterocycles. The molecule has 3 nitrogen and oxygen atoms in total. The quantitative estimate of drug-likeness (QED) is 0.666. The van der Waals surface area contributed by atoms with E-state index in [9.17, 15) is 9.18 Å². The van der Waals surface area contributed by atoms with Crippen LogP contribution in [-0.2, 0) is 4.79 Å². The van der Waals surface area contributed by atoms with Crippen LogP contribution in [0.3, 0.4) is 0 Å². The highest BCUT2D eigenvalue weighted by atomic mass is 19.1. The highest BCUT2D eigenvalue weighted by Gasteiger charge is 2.31. The number of nitrogens with zero attached hydrogens (tertiary/aromatic N) is 1. The van der Waals surface area contributed by atoms with Crippen molar-refractivity contribution in [2.24, 2.45) is 17.8 Å². The molecule has 0 spiro atoms. The van der Waals surface area contributed by atoms with Crippen LogP contribution in [0.2, 0.25) is 0 Å². The number of rotatable bonds is 5. The third-order valence-corrected chi connectivity index (χ3v) is 6.54. The Balaban J connectivity index is 1.46. The van der Waals surface area contributed by atoms with E-state index in [4.69, 9.17) is 10.4 Å². The molecular weight excluding hydrogens is 341 g/mol. The lowest BCUT2D eigenvalue weighted by Gasteiger charge is -2.37. The SMILES string of the molecule is N#Cc1ccc(C2CCC(C3CCC(C=CCC(=O)O)CC3)CC2)cc1F. The van der Waals surface area contributed by atoms with E-state index in [1.807, 2.05) is 12.1 Å². The molecule has 1 aromatic carbocycles. The van der Waals surface area contributed by atoms with Crippen LogP contribution in [0.25, 0.3) is 0 Å². The number of carboxylic acid groups (broad SMARTS) is 1. The second-order valence-corrected chi connectivity index (χ2v) is 8.16. The molecule has 1 N–H and O–H groups in total. The first-order chi connectivity index (χ1) is 13.1. The Hall–Kier alpha value is -2.15. The minimum Gasteiger partial charge on any atom is -0.481 e. The number of halogens is 1. The van der Waals surface area contributed by atoms with Crippen LogP contribution in [0, 0.1) is 34.9 Å². The average molecular weight is 369 g/mol. The fraction of sp³-hybridized carbons (Fsp3) is 0.565. The van der Waals surface area contributed by atoms with E-state index in [-0.39, 0.29) is 12.0 Å². The molecule has 0 unspecified atom stereocenters. The minimum absolute atomic E-state index is 0.125. The molecule has 2 saturated carbocycles. The van der Waals surface area contributed by atoms with Crippen molar-refractivity contribution in [2.45, 2.75) is 63.7 Å². The summed E-state index contributed by atoms with van der Waals surface area (Å²) in [6, 6.07) is 6.97. The summed E-state index contributed by atoms with van der Waals surface area (Å²) in [5, 5.41) is 17.6. The van der Waals surface area contributed by atoms with Crippen LogP contribution in [0.4, 0.5) is 4.39 Å². The van der Waals surface area contributed by atoms with E-state index in [0.29, 0.717) is 11.8 Å². The second-order valence-electron chi connectivity index (χ2n) is 8.16. The Morgan fingerprint density at radius 1 is 1.11 bits per heavy atom. The molecule has 0 bridgehead atoms. The Morgan fingerprint density at radius 3 is 2.30 bits per heavy atom. The Labute approximate surface area is 160 Å². The van der Waals surface area contributed by atoms with Gasteiger partial charge in [-0.25, -0.2) is 4.39 Å². The molecule has 144 valence electrons. The van der Waals surface area contributed by atoms with Gasteiger partial charge in [-0.2, -0.15) is 5.26 Å². The normalized spacial score (nSPS) is 28.7. The van der Waals surface area contributed by atoms with Gasteiger partial charge in [-0.1, -0.05) is 18.2 Å². The van der Waals surface area contributed by atoms with Crippen molar-refractivity contribution in [2.75, 3.05) is 0 Å². The predicted octanol–water partition coefficient (Wildman–Crippen LogP) is 5.81. The summed E-state index contributed by atoms with van der Waals surface area (Å²) in [5.74, 6) is 1.35. The first-order valence-corrected chi connectivity index (χ1v) is 10.1. The number of carboxylic acids is 1. The molecule has 0 radical (unpaired) electrons. The topological polar surface area (TPSA) is 61.1 Å². The Kier molecular flexibility index (Phi) is 6.66. The maximum Gasteiger partial charge on any atom is 0.307 e. The van der Waals surface area contributed by atoms with E-state index in [0.717, 1.165) is 30.2 Å². The molecule has 4 heteroatoms. The number of hydrogen-bond acceptors (Lipinski definition) is 2. The van der Waals surface area contributed by atoms with Crippen LogP contribution in [0.1, 0.15) is 74.8 Å². The second kappa shape index (κ2) is 9.17. The van der Waals surface area contributed by atoms with Gasteiger partial charge in [0, 0.05) is 0 Å². The molecule has 3 rings (SSSR count). The summed E-state index contributed by atoms with van der Waals surface area (Å²) in [7, 11) is 0. The summed E-state index contributed by atoms with van der Waals surface area (Å²) in [5.41, 5.74) is 1.17. The van der Waals surface area contributed by atoms with Gasteiger partial charge in [-0.3, -0.25) is 4.79 Å². The van der Waals surface area contributed by atoms with Crippen LogP contribution in [0.5, 0.6) is 0 Å². The lowest BCUT2D eigenvalue weighted by atomic mass is 9.68. The van der Waals surface area contributed by atoms with Crippen LogP contribution >= 0.6 is 0 Å².